The van der Waals surface area contributed by atoms with Crippen LogP contribution in [0.15, 0.2) is 53.4 Å². The molecule has 0 fully saturated rings. The fourth-order valence-corrected chi connectivity index (χ4v) is 3.52. The molecule has 1 amide bonds. The van der Waals surface area contributed by atoms with Gasteiger partial charge in [-0.3, -0.25) is 9.69 Å². The molecule has 0 atom stereocenters. The van der Waals surface area contributed by atoms with E-state index >= 15 is 0 Å². The molecule has 0 saturated carbocycles. The van der Waals surface area contributed by atoms with E-state index in [0.717, 1.165) is 10.6 Å². The number of esters is 1. The van der Waals surface area contributed by atoms with Crippen molar-refractivity contribution in [2.75, 3.05) is 23.1 Å². The molecule has 5 nitrogen and oxygen atoms in total. The van der Waals surface area contributed by atoms with Crippen molar-refractivity contribution >= 4 is 52.3 Å². The lowest BCUT2D eigenvalue weighted by atomic mass is 10.2. The van der Waals surface area contributed by atoms with Gasteiger partial charge < -0.3 is 10.1 Å². The maximum absolute atomic E-state index is 12.3. The third kappa shape index (κ3) is 3.27. The molecule has 1 aliphatic rings. The largest absolute Gasteiger partial charge is 0.465 e. The molecular formula is C17H14N2O3S2. The lowest BCUT2D eigenvalue weighted by Gasteiger charge is -2.29. The second-order valence-electron chi connectivity index (χ2n) is 4.98. The number of thiocarbonyl (C=S) groups is 1. The predicted octanol–water partition coefficient (Wildman–Crippen LogP) is 3.31. The Balaban J connectivity index is 1.80. The van der Waals surface area contributed by atoms with Gasteiger partial charge in [0.05, 0.1) is 24.1 Å². The van der Waals surface area contributed by atoms with Gasteiger partial charge in [0.2, 0.25) is 5.91 Å². The second kappa shape index (κ2) is 7.02. The van der Waals surface area contributed by atoms with E-state index in [1.165, 1.54) is 23.8 Å². The molecule has 122 valence electrons. The number of methoxy groups -OCH3 is 1. The molecule has 0 unspecified atom stereocenters. The van der Waals surface area contributed by atoms with Crippen molar-refractivity contribution < 1.29 is 14.3 Å². The Hall–Kier alpha value is -2.38. The molecule has 7 heteroatoms. The molecule has 0 radical (unpaired) electrons. The highest BCUT2D eigenvalue weighted by Crippen LogP contribution is 2.35. The SMILES string of the molecule is COC(=O)c1ccc(NC(=S)N2C(=O)CSc3ccccc32)cc1. The summed E-state index contributed by atoms with van der Waals surface area (Å²) in [4.78, 5) is 26.3. The number of rotatable bonds is 2. The lowest BCUT2D eigenvalue weighted by molar-refractivity contribution is -0.115. The van der Waals surface area contributed by atoms with Crippen molar-refractivity contribution in [2.45, 2.75) is 4.90 Å². The van der Waals surface area contributed by atoms with Crippen LogP contribution in [0.5, 0.6) is 0 Å². The molecular weight excluding hydrogens is 344 g/mol. The molecule has 24 heavy (non-hydrogen) atoms. The van der Waals surface area contributed by atoms with Crippen LogP contribution in [0.3, 0.4) is 0 Å². The topological polar surface area (TPSA) is 58.6 Å². The van der Waals surface area contributed by atoms with Gasteiger partial charge in [-0.25, -0.2) is 4.79 Å². The molecule has 0 saturated heterocycles. The molecule has 2 aromatic rings. The van der Waals surface area contributed by atoms with Crippen LogP contribution in [-0.4, -0.2) is 29.9 Å². The zero-order valence-electron chi connectivity index (χ0n) is 12.8. The highest BCUT2D eigenvalue weighted by Gasteiger charge is 2.27. The number of anilines is 2. The molecule has 0 aliphatic carbocycles. The molecule has 0 aromatic heterocycles. The first-order valence-corrected chi connectivity index (χ1v) is 8.53. The number of nitrogens with zero attached hydrogens (tertiary/aromatic N) is 1. The number of fused-ring (bicyclic) bond motifs is 1. The molecule has 0 bridgehead atoms. The molecule has 2 aromatic carbocycles. The maximum atomic E-state index is 12.3. The number of para-hydroxylation sites is 1. The van der Waals surface area contributed by atoms with Crippen molar-refractivity contribution in [1.82, 2.24) is 0 Å². The molecule has 1 N–H and O–H groups in total. The first kappa shape index (κ1) is 16.5. The Morgan fingerprint density at radius 2 is 1.92 bits per heavy atom. The van der Waals surface area contributed by atoms with Crippen LogP contribution in [-0.2, 0) is 9.53 Å². The molecule has 3 rings (SSSR count). The Morgan fingerprint density at radius 1 is 1.21 bits per heavy atom. The zero-order chi connectivity index (χ0) is 17.1. The zero-order valence-corrected chi connectivity index (χ0v) is 14.4. The molecule has 1 aliphatic heterocycles. The Morgan fingerprint density at radius 3 is 2.62 bits per heavy atom. The van der Waals surface area contributed by atoms with E-state index in [1.807, 2.05) is 24.3 Å². The van der Waals surface area contributed by atoms with Crippen LogP contribution in [0.1, 0.15) is 10.4 Å². The summed E-state index contributed by atoms with van der Waals surface area (Å²) < 4.78 is 4.67. The summed E-state index contributed by atoms with van der Waals surface area (Å²) in [5.41, 5.74) is 1.92. The number of nitrogens with one attached hydrogen (secondary N) is 1. The van der Waals surface area contributed by atoms with Gasteiger partial charge in [-0.1, -0.05) is 12.1 Å². The number of carbonyl (C=O) groups excluding carboxylic acids is 2. The van der Waals surface area contributed by atoms with Crippen molar-refractivity contribution in [3.63, 3.8) is 0 Å². The van der Waals surface area contributed by atoms with Crippen LogP contribution in [0.2, 0.25) is 0 Å². The van der Waals surface area contributed by atoms with Gasteiger partial charge in [0.25, 0.3) is 0 Å². The second-order valence-corrected chi connectivity index (χ2v) is 6.39. The number of hydrogen-bond acceptors (Lipinski definition) is 5. The highest BCUT2D eigenvalue weighted by atomic mass is 32.2. The van der Waals surface area contributed by atoms with E-state index in [1.54, 1.807) is 24.3 Å². The van der Waals surface area contributed by atoms with Crippen LogP contribution in [0.4, 0.5) is 11.4 Å². The van der Waals surface area contributed by atoms with E-state index in [-0.39, 0.29) is 5.91 Å². The van der Waals surface area contributed by atoms with Gasteiger partial charge in [-0.2, -0.15) is 0 Å². The third-order valence-corrected chi connectivity index (χ3v) is 4.80. The normalized spacial score (nSPS) is 13.2. The van der Waals surface area contributed by atoms with Crippen LogP contribution in [0.25, 0.3) is 0 Å². The van der Waals surface area contributed by atoms with E-state index in [2.05, 4.69) is 10.1 Å². The molecule has 0 spiro atoms. The van der Waals surface area contributed by atoms with Crippen LogP contribution < -0.4 is 10.2 Å². The highest BCUT2D eigenvalue weighted by molar-refractivity contribution is 8.00. The predicted molar refractivity (Wildman–Crippen MR) is 98.7 cm³/mol. The Labute approximate surface area is 149 Å². The van der Waals surface area contributed by atoms with Crippen molar-refractivity contribution in [1.29, 1.82) is 0 Å². The van der Waals surface area contributed by atoms with Crippen molar-refractivity contribution in [2.24, 2.45) is 0 Å². The number of amides is 1. The monoisotopic (exact) mass is 358 g/mol. The van der Waals surface area contributed by atoms with Gasteiger partial charge in [0.1, 0.15) is 0 Å². The average molecular weight is 358 g/mol. The number of thioether (sulfide) groups is 1. The van der Waals surface area contributed by atoms with Gasteiger partial charge >= 0.3 is 5.97 Å². The fourth-order valence-electron chi connectivity index (χ4n) is 2.31. The average Bonchev–Trinajstić information content (AvgIpc) is 2.61. The van der Waals surface area contributed by atoms with E-state index in [9.17, 15) is 9.59 Å². The number of ether oxygens (including phenoxy) is 1. The standard InChI is InChI=1S/C17H14N2O3S2/c1-22-16(21)11-6-8-12(9-7-11)18-17(23)19-13-4-2-3-5-14(13)24-10-15(19)20/h2-9H,10H2,1H3,(H,18,23). The van der Waals surface area contributed by atoms with Gasteiger partial charge in [0, 0.05) is 10.6 Å². The van der Waals surface area contributed by atoms with Crippen molar-refractivity contribution in [3.8, 4) is 0 Å². The summed E-state index contributed by atoms with van der Waals surface area (Å²) >= 11 is 6.91. The van der Waals surface area contributed by atoms with E-state index in [4.69, 9.17) is 12.2 Å². The maximum Gasteiger partial charge on any atom is 0.337 e. The minimum absolute atomic E-state index is 0.0672. The third-order valence-electron chi connectivity index (χ3n) is 3.47. The Kier molecular flexibility index (Phi) is 4.82. The van der Waals surface area contributed by atoms with Gasteiger partial charge in [0.15, 0.2) is 5.11 Å². The minimum Gasteiger partial charge on any atom is -0.465 e. The fraction of sp³-hybridized carbons (Fsp3) is 0.118. The number of carbonyl (C=O) groups is 2. The summed E-state index contributed by atoms with van der Waals surface area (Å²) in [6.45, 7) is 0. The smallest absolute Gasteiger partial charge is 0.337 e. The Bertz CT molecular complexity index is 806. The summed E-state index contributed by atoms with van der Waals surface area (Å²) in [7, 11) is 1.33. The van der Waals surface area contributed by atoms with Gasteiger partial charge in [-0.15, -0.1) is 11.8 Å². The van der Waals surface area contributed by atoms with Crippen molar-refractivity contribution in [3.05, 3.63) is 54.1 Å². The number of benzene rings is 2. The van der Waals surface area contributed by atoms with Crippen LogP contribution >= 0.6 is 24.0 Å². The van der Waals surface area contributed by atoms with E-state index in [0.29, 0.717) is 22.1 Å². The van der Waals surface area contributed by atoms with Gasteiger partial charge in [-0.05, 0) is 48.6 Å². The quantitative estimate of drug-likeness (QED) is 0.657. The lowest BCUT2D eigenvalue weighted by Crippen LogP contribution is -2.43. The summed E-state index contributed by atoms with van der Waals surface area (Å²) in [5, 5.41) is 3.35. The van der Waals surface area contributed by atoms with Crippen LogP contribution in [0, 0.1) is 0 Å². The first-order valence-electron chi connectivity index (χ1n) is 7.14. The summed E-state index contributed by atoms with van der Waals surface area (Å²) in [6.07, 6.45) is 0. The first-order chi connectivity index (χ1) is 11.6. The summed E-state index contributed by atoms with van der Waals surface area (Å²) in [6, 6.07) is 14.3. The summed E-state index contributed by atoms with van der Waals surface area (Å²) in [5.74, 6) is -0.121. The number of hydrogen-bond donors (Lipinski definition) is 1. The minimum atomic E-state index is -0.402. The van der Waals surface area contributed by atoms with E-state index < -0.39 is 5.97 Å². The molecule has 1 heterocycles.